The number of hydrogen-bond donors (Lipinski definition) is 0. The van der Waals surface area contributed by atoms with E-state index in [1.807, 2.05) is 0 Å². The first-order valence-corrected chi connectivity index (χ1v) is 10.0. The van der Waals surface area contributed by atoms with Crippen LogP contribution in [0.2, 0.25) is 0 Å². The minimum absolute atomic E-state index is 0.0343. The normalized spacial score (nSPS) is 21.8. The smallest absolute Gasteiger partial charge is 0.254 e. The van der Waals surface area contributed by atoms with Crippen molar-refractivity contribution in [3.63, 3.8) is 0 Å². The number of carbonyl (C=O) groups is 2. The molecule has 2 atom stereocenters. The summed E-state index contributed by atoms with van der Waals surface area (Å²) in [5.41, 5.74) is 0.590. The molecule has 0 aliphatic carbocycles. The molecule has 0 N–H and O–H groups in total. The molecular weight excluding hydrogens is 376 g/mol. The predicted octanol–water partition coefficient (Wildman–Crippen LogP) is 1.19. The molecule has 1 aromatic carbocycles. The number of morpholine rings is 1. The van der Waals surface area contributed by atoms with Crippen LogP contribution in [0.3, 0.4) is 0 Å². The first-order valence-electron chi connectivity index (χ1n) is 10.0. The van der Waals surface area contributed by atoms with E-state index in [0.717, 1.165) is 19.4 Å². The third kappa shape index (κ3) is 5.91. The Balaban J connectivity index is 1.68. The first kappa shape index (κ1) is 21.5. The lowest BCUT2D eigenvalue weighted by Gasteiger charge is -2.36. The van der Waals surface area contributed by atoms with Crippen LogP contribution < -0.4 is 4.74 Å². The summed E-state index contributed by atoms with van der Waals surface area (Å²) >= 11 is 0. The van der Waals surface area contributed by atoms with Crippen molar-refractivity contribution in [1.82, 2.24) is 9.80 Å². The Morgan fingerprint density at radius 2 is 1.83 bits per heavy atom. The lowest BCUT2D eigenvalue weighted by Crippen LogP contribution is -2.52. The van der Waals surface area contributed by atoms with Crippen molar-refractivity contribution in [2.45, 2.75) is 25.0 Å². The molecule has 160 valence electrons. The van der Waals surface area contributed by atoms with Gasteiger partial charge < -0.3 is 28.7 Å². The number of methoxy groups -OCH3 is 2. The molecule has 2 amide bonds. The van der Waals surface area contributed by atoms with Crippen LogP contribution in [-0.4, -0.2) is 94.0 Å². The van der Waals surface area contributed by atoms with Gasteiger partial charge in [-0.25, -0.2) is 0 Å². The maximum Gasteiger partial charge on any atom is 0.254 e. The van der Waals surface area contributed by atoms with Gasteiger partial charge in [0.15, 0.2) is 0 Å². The summed E-state index contributed by atoms with van der Waals surface area (Å²) < 4.78 is 21.7. The Bertz CT molecular complexity index is 674. The third-order valence-corrected chi connectivity index (χ3v) is 5.26. The van der Waals surface area contributed by atoms with E-state index in [0.29, 0.717) is 44.1 Å². The minimum atomic E-state index is -0.242. The average Bonchev–Trinajstić information content (AvgIpc) is 3.26. The third-order valence-electron chi connectivity index (χ3n) is 5.26. The molecule has 0 aromatic heterocycles. The SMILES string of the molecule is COCC(=O)N1CCO[C@@H](CN(C[C@@H]2CCCO2)C(=O)c2ccc(OC)cc2)C1. The van der Waals surface area contributed by atoms with Crippen molar-refractivity contribution in [1.29, 1.82) is 0 Å². The molecule has 8 nitrogen and oxygen atoms in total. The van der Waals surface area contributed by atoms with Gasteiger partial charge in [-0.05, 0) is 37.1 Å². The number of benzene rings is 1. The molecule has 0 spiro atoms. The van der Waals surface area contributed by atoms with E-state index in [1.165, 1.54) is 7.11 Å². The molecule has 0 radical (unpaired) electrons. The van der Waals surface area contributed by atoms with Crippen molar-refractivity contribution in [3.05, 3.63) is 29.8 Å². The molecule has 29 heavy (non-hydrogen) atoms. The Hall–Kier alpha value is -2.16. The summed E-state index contributed by atoms with van der Waals surface area (Å²) in [4.78, 5) is 28.9. The molecule has 8 heteroatoms. The van der Waals surface area contributed by atoms with E-state index in [-0.39, 0.29) is 30.6 Å². The fraction of sp³-hybridized carbons (Fsp3) is 0.619. The lowest BCUT2D eigenvalue weighted by molar-refractivity contribution is -0.143. The zero-order valence-electron chi connectivity index (χ0n) is 17.2. The molecule has 2 fully saturated rings. The lowest BCUT2D eigenvalue weighted by atomic mass is 10.1. The predicted molar refractivity (Wildman–Crippen MR) is 106 cm³/mol. The number of ether oxygens (including phenoxy) is 4. The fourth-order valence-electron chi connectivity index (χ4n) is 3.71. The van der Waals surface area contributed by atoms with Gasteiger partial charge in [-0.1, -0.05) is 0 Å². The van der Waals surface area contributed by atoms with Gasteiger partial charge in [-0.2, -0.15) is 0 Å². The molecule has 0 unspecified atom stereocenters. The van der Waals surface area contributed by atoms with Crippen LogP contribution in [0.1, 0.15) is 23.2 Å². The molecule has 1 aromatic rings. The van der Waals surface area contributed by atoms with Gasteiger partial charge in [0.05, 0.1) is 25.9 Å². The molecule has 2 saturated heterocycles. The van der Waals surface area contributed by atoms with Crippen molar-refractivity contribution in [3.8, 4) is 5.75 Å². The van der Waals surface area contributed by atoms with Crippen molar-refractivity contribution in [2.75, 3.05) is 60.2 Å². The van der Waals surface area contributed by atoms with Crippen LogP contribution in [-0.2, 0) is 19.0 Å². The van der Waals surface area contributed by atoms with Gasteiger partial charge in [-0.15, -0.1) is 0 Å². The van der Waals surface area contributed by atoms with Crippen molar-refractivity contribution < 1.29 is 28.5 Å². The average molecular weight is 406 g/mol. The number of nitrogens with zero attached hydrogens (tertiary/aromatic N) is 2. The fourth-order valence-corrected chi connectivity index (χ4v) is 3.71. The highest BCUT2D eigenvalue weighted by Gasteiger charge is 2.30. The first-order chi connectivity index (χ1) is 14.1. The van der Waals surface area contributed by atoms with Gasteiger partial charge in [0.2, 0.25) is 5.91 Å². The van der Waals surface area contributed by atoms with Crippen LogP contribution in [0.5, 0.6) is 5.75 Å². The Morgan fingerprint density at radius 3 is 2.48 bits per heavy atom. The summed E-state index contributed by atoms with van der Waals surface area (Å²) in [6.07, 6.45) is 1.74. The second-order valence-electron chi connectivity index (χ2n) is 7.34. The summed E-state index contributed by atoms with van der Waals surface area (Å²) in [6.45, 7) is 3.13. The highest BCUT2D eigenvalue weighted by molar-refractivity contribution is 5.94. The molecule has 2 aliphatic rings. The van der Waals surface area contributed by atoms with Gasteiger partial charge in [-0.3, -0.25) is 9.59 Å². The van der Waals surface area contributed by atoms with E-state index in [1.54, 1.807) is 41.2 Å². The Kier molecular flexibility index (Phi) is 7.85. The highest BCUT2D eigenvalue weighted by atomic mass is 16.5. The minimum Gasteiger partial charge on any atom is -0.497 e. The zero-order valence-corrected chi connectivity index (χ0v) is 17.2. The quantitative estimate of drug-likeness (QED) is 0.646. The van der Waals surface area contributed by atoms with E-state index in [2.05, 4.69) is 0 Å². The van der Waals surface area contributed by atoms with E-state index < -0.39 is 0 Å². The number of rotatable bonds is 8. The maximum atomic E-state index is 13.2. The molecule has 0 saturated carbocycles. The Labute approximate surface area is 171 Å². The summed E-state index contributed by atoms with van der Waals surface area (Å²) in [5, 5.41) is 0. The van der Waals surface area contributed by atoms with Crippen molar-refractivity contribution >= 4 is 11.8 Å². The van der Waals surface area contributed by atoms with Crippen LogP contribution in [0.4, 0.5) is 0 Å². The number of hydrogen-bond acceptors (Lipinski definition) is 6. The van der Waals surface area contributed by atoms with E-state index in [9.17, 15) is 9.59 Å². The van der Waals surface area contributed by atoms with Gasteiger partial charge in [0.1, 0.15) is 12.4 Å². The molecule has 0 bridgehead atoms. The van der Waals surface area contributed by atoms with Crippen LogP contribution >= 0.6 is 0 Å². The maximum absolute atomic E-state index is 13.2. The summed E-state index contributed by atoms with van der Waals surface area (Å²) in [5.74, 6) is 0.565. The van der Waals surface area contributed by atoms with E-state index in [4.69, 9.17) is 18.9 Å². The number of amides is 2. The second kappa shape index (κ2) is 10.6. The monoisotopic (exact) mass is 406 g/mol. The highest BCUT2D eigenvalue weighted by Crippen LogP contribution is 2.18. The molecule has 2 heterocycles. The second-order valence-corrected chi connectivity index (χ2v) is 7.34. The summed E-state index contributed by atoms with van der Waals surface area (Å²) in [6, 6.07) is 7.08. The van der Waals surface area contributed by atoms with Crippen LogP contribution in [0.25, 0.3) is 0 Å². The molecule has 2 aliphatic heterocycles. The topological polar surface area (TPSA) is 77.5 Å². The van der Waals surface area contributed by atoms with Gasteiger partial charge >= 0.3 is 0 Å². The largest absolute Gasteiger partial charge is 0.497 e. The zero-order chi connectivity index (χ0) is 20.6. The standard InChI is InChI=1S/C21H30N2O6/c1-26-15-20(24)22-9-11-29-19(13-22)14-23(12-18-4-3-10-28-18)21(25)16-5-7-17(27-2)8-6-16/h5-8,18-19H,3-4,9-15H2,1-2H3/t18-,19+/m0/s1. The molecular formula is C21H30N2O6. The number of carbonyl (C=O) groups excluding carboxylic acids is 2. The molecule has 3 rings (SSSR count). The Morgan fingerprint density at radius 1 is 1.10 bits per heavy atom. The van der Waals surface area contributed by atoms with Crippen LogP contribution in [0.15, 0.2) is 24.3 Å². The summed E-state index contributed by atoms with van der Waals surface area (Å²) in [7, 11) is 3.10. The van der Waals surface area contributed by atoms with Gasteiger partial charge in [0, 0.05) is 45.5 Å². The van der Waals surface area contributed by atoms with E-state index >= 15 is 0 Å². The van der Waals surface area contributed by atoms with Crippen LogP contribution in [0, 0.1) is 0 Å². The van der Waals surface area contributed by atoms with Crippen molar-refractivity contribution in [2.24, 2.45) is 0 Å². The van der Waals surface area contributed by atoms with Gasteiger partial charge in [0.25, 0.3) is 5.91 Å².